The van der Waals surface area contributed by atoms with Crippen LogP contribution in [0.5, 0.6) is 5.75 Å². The van der Waals surface area contributed by atoms with Gasteiger partial charge in [0.05, 0.1) is 0 Å². The van der Waals surface area contributed by atoms with Gasteiger partial charge >= 0.3 is 0 Å². The van der Waals surface area contributed by atoms with Gasteiger partial charge in [0.15, 0.2) is 0 Å². The van der Waals surface area contributed by atoms with E-state index < -0.39 is 0 Å². The first-order valence-electron chi connectivity index (χ1n) is 9.56. The average molecular weight is 314 g/mol. The summed E-state index contributed by atoms with van der Waals surface area (Å²) in [5, 5.41) is 0. The molecule has 1 saturated carbocycles. The summed E-state index contributed by atoms with van der Waals surface area (Å²) in [6, 6.07) is 6.76. The van der Waals surface area contributed by atoms with Crippen LogP contribution in [0.1, 0.15) is 43.2 Å². The van der Waals surface area contributed by atoms with Gasteiger partial charge in [0.2, 0.25) is 0 Å². The van der Waals surface area contributed by atoms with Gasteiger partial charge in [-0.25, -0.2) is 0 Å². The predicted octanol–water partition coefficient (Wildman–Crippen LogP) is 3.32. The molecule has 3 aliphatic rings. The van der Waals surface area contributed by atoms with Crippen molar-refractivity contribution in [1.29, 1.82) is 0 Å². The third-order valence-corrected chi connectivity index (χ3v) is 5.61. The Labute approximate surface area is 140 Å². The van der Waals surface area contributed by atoms with E-state index in [1.54, 1.807) is 0 Å². The topological polar surface area (TPSA) is 15.7 Å². The maximum absolute atomic E-state index is 6.02. The van der Waals surface area contributed by atoms with E-state index in [-0.39, 0.29) is 0 Å². The number of likely N-dealkylation sites (tertiary alicyclic amines) is 1. The molecule has 3 nitrogen and oxygen atoms in total. The SMILES string of the molecule is c1cc2c(cc1OCCN1CCCCC1)CCN(CC1CC1)C2. The summed E-state index contributed by atoms with van der Waals surface area (Å²) >= 11 is 0. The van der Waals surface area contributed by atoms with Crippen LogP contribution in [0.15, 0.2) is 18.2 Å². The van der Waals surface area contributed by atoms with Crippen LogP contribution < -0.4 is 4.74 Å². The zero-order chi connectivity index (χ0) is 15.5. The molecule has 1 aliphatic carbocycles. The van der Waals surface area contributed by atoms with Crippen molar-refractivity contribution in [1.82, 2.24) is 9.80 Å². The molecule has 0 atom stereocenters. The number of hydrogen-bond donors (Lipinski definition) is 0. The normalized spacial score (nSPS) is 22.8. The third-order valence-electron chi connectivity index (χ3n) is 5.61. The van der Waals surface area contributed by atoms with Gasteiger partial charge in [0.25, 0.3) is 0 Å². The molecule has 1 aromatic rings. The van der Waals surface area contributed by atoms with Crippen LogP contribution in [-0.2, 0) is 13.0 Å². The second kappa shape index (κ2) is 7.23. The number of piperidine rings is 1. The van der Waals surface area contributed by atoms with Gasteiger partial charge in [-0.05, 0) is 74.4 Å². The van der Waals surface area contributed by atoms with E-state index in [1.165, 1.54) is 75.8 Å². The Bertz CT molecular complexity index is 520. The Morgan fingerprint density at radius 3 is 2.65 bits per heavy atom. The molecular formula is C20H30N2O. The fourth-order valence-electron chi connectivity index (χ4n) is 3.97. The smallest absolute Gasteiger partial charge is 0.119 e. The molecular weight excluding hydrogens is 284 g/mol. The quantitative estimate of drug-likeness (QED) is 0.801. The summed E-state index contributed by atoms with van der Waals surface area (Å²) in [6.07, 6.45) is 8.21. The lowest BCUT2D eigenvalue weighted by molar-refractivity contribution is 0.183. The summed E-state index contributed by atoms with van der Waals surface area (Å²) in [4.78, 5) is 5.18. The molecule has 126 valence electrons. The highest BCUT2D eigenvalue weighted by Gasteiger charge is 2.26. The van der Waals surface area contributed by atoms with Crippen LogP contribution in [0.3, 0.4) is 0 Å². The number of hydrogen-bond acceptors (Lipinski definition) is 3. The highest BCUT2D eigenvalue weighted by Crippen LogP contribution is 2.32. The second-order valence-electron chi connectivity index (χ2n) is 7.61. The molecule has 0 aromatic heterocycles. The van der Waals surface area contributed by atoms with Crippen LogP contribution >= 0.6 is 0 Å². The lowest BCUT2D eigenvalue weighted by atomic mass is 9.99. The van der Waals surface area contributed by atoms with Gasteiger partial charge in [0, 0.05) is 26.2 Å². The minimum atomic E-state index is 0.826. The molecule has 2 fully saturated rings. The number of rotatable bonds is 6. The largest absolute Gasteiger partial charge is 0.492 e. The van der Waals surface area contributed by atoms with Crippen LogP contribution in [0.2, 0.25) is 0 Å². The molecule has 0 bridgehead atoms. The summed E-state index contributed by atoms with van der Waals surface area (Å²) < 4.78 is 6.02. The minimum Gasteiger partial charge on any atom is -0.492 e. The second-order valence-corrected chi connectivity index (χ2v) is 7.61. The van der Waals surface area contributed by atoms with Crippen molar-refractivity contribution in [2.45, 2.75) is 45.1 Å². The summed E-state index contributed by atoms with van der Waals surface area (Å²) in [7, 11) is 0. The molecule has 0 unspecified atom stereocenters. The van der Waals surface area contributed by atoms with Crippen LogP contribution in [-0.4, -0.2) is 49.1 Å². The van der Waals surface area contributed by atoms with Crippen LogP contribution in [0.4, 0.5) is 0 Å². The standard InChI is InChI=1S/C20H30N2O/c1-2-9-21(10-3-1)12-13-23-20-7-6-19-16-22(15-17-4-5-17)11-8-18(19)14-20/h6-7,14,17H,1-5,8-13,15-16H2. The van der Waals surface area contributed by atoms with Gasteiger partial charge in [-0.1, -0.05) is 12.5 Å². The molecule has 2 heterocycles. The molecule has 3 heteroatoms. The number of fused-ring (bicyclic) bond motifs is 1. The average Bonchev–Trinajstić information content (AvgIpc) is 3.40. The molecule has 23 heavy (non-hydrogen) atoms. The lowest BCUT2D eigenvalue weighted by Crippen LogP contribution is -2.33. The van der Waals surface area contributed by atoms with E-state index >= 15 is 0 Å². The first-order valence-corrected chi connectivity index (χ1v) is 9.56. The molecule has 1 saturated heterocycles. The van der Waals surface area contributed by atoms with Gasteiger partial charge in [0.1, 0.15) is 12.4 Å². The van der Waals surface area contributed by atoms with E-state index in [1.807, 2.05) is 0 Å². The van der Waals surface area contributed by atoms with Gasteiger partial charge < -0.3 is 4.74 Å². The zero-order valence-electron chi connectivity index (χ0n) is 14.3. The maximum Gasteiger partial charge on any atom is 0.119 e. The van der Waals surface area contributed by atoms with E-state index in [2.05, 4.69) is 28.0 Å². The van der Waals surface area contributed by atoms with Crippen LogP contribution in [0, 0.1) is 5.92 Å². The van der Waals surface area contributed by atoms with Crippen molar-refractivity contribution < 1.29 is 4.74 Å². The number of nitrogens with zero attached hydrogens (tertiary/aromatic N) is 2. The monoisotopic (exact) mass is 314 g/mol. The Kier molecular flexibility index (Phi) is 4.86. The Hall–Kier alpha value is -1.06. The molecule has 0 spiro atoms. The lowest BCUT2D eigenvalue weighted by Gasteiger charge is -2.29. The Morgan fingerprint density at radius 1 is 0.957 bits per heavy atom. The number of benzene rings is 1. The molecule has 2 aliphatic heterocycles. The zero-order valence-corrected chi connectivity index (χ0v) is 14.3. The van der Waals surface area contributed by atoms with Crippen LogP contribution in [0.25, 0.3) is 0 Å². The fourth-order valence-corrected chi connectivity index (χ4v) is 3.97. The van der Waals surface area contributed by atoms with Crippen molar-refractivity contribution in [3.05, 3.63) is 29.3 Å². The summed E-state index contributed by atoms with van der Waals surface area (Å²) in [5.41, 5.74) is 3.02. The minimum absolute atomic E-state index is 0.826. The Balaban J connectivity index is 1.27. The Morgan fingerprint density at radius 2 is 1.83 bits per heavy atom. The van der Waals surface area contributed by atoms with E-state index in [9.17, 15) is 0 Å². The summed E-state index contributed by atoms with van der Waals surface area (Å²) in [6.45, 7) is 8.09. The molecule has 0 amide bonds. The predicted molar refractivity (Wildman–Crippen MR) is 93.9 cm³/mol. The molecule has 4 rings (SSSR count). The highest BCUT2D eigenvalue weighted by molar-refractivity contribution is 5.37. The fraction of sp³-hybridized carbons (Fsp3) is 0.700. The number of ether oxygens (including phenoxy) is 1. The van der Waals surface area contributed by atoms with E-state index in [0.29, 0.717) is 0 Å². The van der Waals surface area contributed by atoms with Crippen molar-refractivity contribution in [3.63, 3.8) is 0 Å². The van der Waals surface area contributed by atoms with Crippen molar-refractivity contribution in [3.8, 4) is 5.75 Å². The highest BCUT2D eigenvalue weighted by atomic mass is 16.5. The molecule has 0 radical (unpaired) electrons. The molecule has 1 aromatic carbocycles. The van der Waals surface area contributed by atoms with Crippen molar-refractivity contribution in [2.75, 3.05) is 39.3 Å². The first-order chi connectivity index (χ1) is 11.4. The van der Waals surface area contributed by atoms with Gasteiger partial charge in [-0.3, -0.25) is 9.80 Å². The third kappa shape index (κ3) is 4.27. The maximum atomic E-state index is 6.02. The molecule has 0 N–H and O–H groups in total. The first kappa shape index (κ1) is 15.5. The van der Waals surface area contributed by atoms with Crippen molar-refractivity contribution >= 4 is 0 Å². The van der Waals surface area contributed by atoms with Gasteiger partial charge in [-0.15, -0.1) is 0 Å². The van der Waals surface area contributed by atoms with E-state index in [4.69, 9.17) is 4.74 Å². The van der Waals surface area contributed by atoms with Gasteiger partial charge in [-0.2, -0.15) is 0 Å². The van der Waals surface area contributed by atoms with E-state index in [0.717, 1.165) is 31.4 Å². The van der Waals surface area contributed by atoms with Crippen molar-refractivity contribution in [2.24, 2.45) is 5.92 Å². The summed E-state index contributed by atoms with van der Waals surface area (Å²) in [5.74, 6) is 2.06.